The third-order valence-corrected chi connectivity index (χ3v) is 6.57. The van der Waals surface area contributed by atoms with E-state index in [1.54, 1.807) is 26.1 Å². The first-order chi connectivity index (χ1) is 15.7. The van der Waals surface area contributed by atoms with E-state index >= 15 is 0 Å². The number of amides is 6. The molecule has 3 N–H and O–H groups in total. The number of primary amides is 1. The van der Waals surface area contributed by atoms with Gasteiger partial charge in [0.2, 0.25) is 17.7 Å². The third kappa shape index (κ3) is 4.99. The summed E-state index contributed by atoms with van der Waals surface area (Å²) in [6.45, 7) is 1.95. The van der Waals surface area contributed by atoms with Gasteiger partial charge in [0.25, 0.3) is 5.91 Å². The second-order valence-electron chi connectivity index (χ2n) is 8.54. The van der Waals surface area contributed by atoms with E-state index < -0.39 is 17.5 Å². The van der Waals surface area contributed by atoms with Crippen molar-refractivity contribution in [3.8, 4) is 0 Å². The molecule has 1 aliphatic heterocycles. The highest BCUT2D eigenvalue weighted by atomic mass is 16.2. The summed E-state index contributed by atoms with van der Waals surface area (Å²) < 4.78 is 0. The van der Waals surface area contributed by atoms with E-state index in [1.807, 2.05) is 0 Å². The van der Waals surface area contributed by atoms with Crippen LogP contribution in [0, 0.1) is 0 Å². The molecule has 2 aliphatic rings. The summed E-state index contributed by atoms with van der Waals surface area (Å²) >= 11 is 0. The highest BCUT2D eigenvalue weighted by molar-refractivity contribution is 6.09. The van der Waals surface area contributed by atoms with Gasteiger partial charge in [-0.1, -0.05) is 19.3 Å². The molecular formula is C23H31N5O5. The van der Waals surface area contributed by atoms with Crippen LogP contribution in [0.25, 0.3) is 0 Å². The number of hydrogen-bond donors (Lipinski definition) is 2. The zero-order valence-electron chi connectivity index (χ0n) is 19.1. The van der Waals surface area contributed by atoms with Crippen LogP contribution in [-0.4, -0.2) is 76.6 Å². The number of hydrogen-bond acceptors (Lipinski definition) is 5. The number of carbonyl (C=O) groups excluding carboxylic acids is 5. The van der Waals surface area contributed by atoms with Crippen LogP contribution in [0.1, 0.15) is 55.8 Å². The van der Waals surface area contributed by atoms with E-state index in [4.69, 9.17) is 5.73 Å². The second kappa shape index (κ2) is 10.0. The molecule has 178 valence electrons. The smallest absolute Gasteiger partial charge is 0.327 e. The molecule has 10 nitrogen and oxygen atoms in total. The van der Waals surface area contributed by atoms with Gasteiger partial charge in [-0.2, -0.15) is 0 Å². The number of anilines is 1. The Hall–Kier alpha value is -3.43. The number of nitrogens with zero attached hydrogens (tertiary/aromatic N) is 3. The lowest BCUT2D eigenvalue weighted by molar-refractivity contribution is -0.140. The van der Waals surface area contributed by atoms with E-state index in [1.165, 1.54) is 21.9 Å². The Bertz CT molecular complexity index is 939. The van der Waals surface area contributed by atoms with Crippen LogP contribution in [0.5, 0.6) is 0 Å². The van der Waals surface area contributed by atoms with Crippen LogP contribution in [0.2, 0.25) is 0 Å². The van der Waals surface area contributed by atoms with Crippen molar-refractivity contribution in [3.63, 3.8) is 0 Å². The SMILES string of the molecule is CCN(CCC(=O)Nc1ccc(C(N)=O)cc1)C(=O)CN1C(=O)N(C)C2(CCCCC2)C1=O. The van der Waals surface area contributed by atoms with Gasteiger partial charge in [0, 0.05) is 37.8 Å². The normalized spacial score (nSPS) is 17.4. The average Bonchev–Trinajstić information content (AvgIpc) is 2.96. The third-order valence-electron chi connectivity index (χ3n) is 6.57. The summed E-state index contributed by atoms with van der Waals surface area (Å²) in [5.41, 5.74) is 5.22. The number of likely N-dealkylation sites (N-methyl/N-ethyl adjacent to an activating group) is 2. The Morgan fingerprint density at radius 3 is 2.30 bits per heavy atom. The number of nitrogens with two attached hydrogens (primary N) is 1. The van der Waals surface area contributed by atoms with Crippen molar-refractivity contribution >= 4 is 35.3 Å². The van der Waals surface area contributed by atoms with Gasteiger partial charge in [-0.15, -0.1) is 0 Å². The van der Waals surface area contributed by atoms with Crippen molar-refractivity contribution in [3.05, 3.63) is 29.8 Å². The Morgan fingerprint density at radius 2 is 1.73 bits per heavy atom. The average molecular weight is 458 g/mol. The van der Waals surface area contributed by atoms with Crippen molar-refractivity contribution in [2.24, 2.45) is 5.73 Å². The van der Waals surface area contributed by atoms with E-state index in [2.05, 4.69) is 5.32 Å². The number of benzene rings is 1. The summed E-state index contributed by atoms with van der Waals surface area (Å²) in [6.07, 6.45) is 4.09. The lowest BCUT2D eigenvalue weighted by atomic mass is 9.81. The molecule has 1 spiro atoms. The molecule has 1 aromatic rings. The minimum atomic E-state index is -0.823. The molecule has 1 saturated carbocycles. The summed E-state index contributed by atoms with van der Waals surface area (Å²) in [5.74, 6) is -1.53. The van der Waals surface area contributed by atoms with Gasteiger partial charge in [0.1, 0.15) is 12.1 Å². The maximum absolute atomic E-state index is 13.1. The van der Waals surface area contributed by atoms with E-state index in [0.717, 1.165) is 24.2 Å². The Morgan fingerprint density at radius 1 is 1.09 bits per heavy atom. The molecule has 6 amide bonds. The zero-order valence-corrected chi connectivity index (χ0v) is 19.1. The predicted octanol–water partition coefficient (Wildman–Crippen LogP) is 1.56. The molecule has 33 heavy (non-hydrogen) atoms. The number of imide groups is 1. The van der Waals surface area contributed by atoms with Gasteiger partial charge in [0.05, 0.1) is 0 Å². The molecule has 0 aromatic heterocycles. The monoisotopic (exact) mass is 457 g/mol. The van der Waals surface area contributed by atoms with Gasteiger partial charge < -0.3 is 20.9 Å². The summed E-state index contributed by atoms with van der Waals surface area (Å²) in [7, 11) is 1.63. The van der Waals surface area contributed by atoms with E-state index in [-0.39, 0.29) is 37.2 Å². The Balaban J connectivity index is 1.55. The van der Waals surface area contributed by atoms with E-state index in [0.29, 0.717) is 30.6 Å². The number of carbonyl (C=O) groups is 5. The van der Waals surface area contributed by atoms with Gasteiger partial charge in [-0.05, 0) is 44.0 Å². The lowest BCUT2D eigenvalue weighted by Crippen LogP contribution is -2.49. The molecule has 10 heteroatoms. The summed E-state index contributed by atoms with van der Waals surface area (Å²) in [5, 5.41) is 2.70. The molecular weight excluding hydrogens is 426 g/mol. The van der Waals surface area contributed by atoms with Crippen molar-refractivity contribution in [2.45, 2.75) is 51.0 Å². The minimum absolute atomic E-state index is 0.0445. The van der Waals surface area contributed by atoms with Crippen LogP contribution in [0.15, 0.2) is 24.3 Å². The summed E-state index contributed by atoms with van der Waals surface area (Å²) in [6, 6.07) is 5.73. The fraction of sp³-hybridized carbons (Fsp3) is 0.522. The number of rotatable bonds is 8. The van der Waals surface area contributed by atoms with Gasteiger partial charge in [0.15, 0.2) is 0 Å². The molecule has 1 aromatic carbocycles. The fourth-order valence-corrected chi connectivity index (χ4v) is 4.54. The molecule has 1 aliphatic carbocycles. The second-order valence-corrected chi connectivity index (χ2v) is 8.54. The maximum Gasteiger partial charge on any atom is 0.327 e. The Kier molecular flexibility index (Phi) is 7.35. The molecule has 1 saturated heterocycles. The number of urea groups is 1. The summed E-state index contributed by atoms with van der Waals surface area (Å²) in [4.78, 5) is 66.1. The number of nitrogens with one attached hydrogen (secondary N) is 1. The first-order valence-corrected chi connectivity index (χ1v) is 11.3. The maximum atomic E-state index is 13.1. The van der Waals surface area contributed by atoms with Crippen molar-refractivity contribution in [1.82, 2.24) is 14.7 Å². The van der Waals surface area contributed by atoms with Crippen LogP contribution < -0.4 is 11.1 Å². The Labute approximate surface area is 193 Å². The first kappa shape index (κ1) is 24.2. The van der Waals surface area contributed by atoms with Gasteiger partial charge in [-0.25, -0.2) is 4.79 Å². The molecule has 1 heterocycles. The van der Waals surface area contributed by atoms with Gasteiger partial charge >= 0.3 is 6.03 Å². The standard InChI is InChI=1S/C23H31N5O5/c1-3-27(14-11-18(29)25-17-9-7-16(8-10-17)20(24)31)19(30)15-28-21(32)23(26(2)22(28)33)12-5-4-6-13-23/h7-10H,3-6,11-15H2,1-2H3,(H2,24,31)(H,25,29). The quantitative estimate of drug-likeness (QED) is 0.572. The van der Waals surface area contributed by atoms with Crippen molar-refractivity contribution < 1.29 is 24.0 Å². The predicted molar refractivity (Wildman–Crippen MR) is 121 cm³/mol. The molecule has 0 bridgehead atoms. The minimum Gasteiger partial charge on any atom is -0.366 e. The highest BCUT2D eigenvalue weighted by Gasteiger charge is 2.55. The zero-order chi connectivity index (χ0) is 24.2. The van der Waals surface area contributed by atoms with E-state index in [9.17, 15) is 24.0 Å². The topological polar surface area (TPSA) is 133 Å². The van der Waals surface area contributed by atoms with Gasteiger partial charge in [-0.3, -0.25) is 24.1 Å². The fourth-order valence-electron chi connectivity index (χ4n) is 4.54. The molecule has 3 rings (SSSR count). The molecule has 2 fully saturated rings. The first-order valence-electron chi connectivity index (χ1n) is 11.3. The van der Waals surface area contributed by atoms with Crippen molar-refractivity contribution in [2.75, 3.05) is 32.0 Å². The van der Waals surface area contributed by atoms with Crippen LogP contribution in [0.4, 0.5) is 10.5 Å². The highest BCUT2D eigenvalue weighted by Crippen LogP contribution is 2.39. The molecule has 0 radical (unpaired) electrons. The molecule has 0 atom stereocenters. The largest absolute Gasteiger partial charge is 0.366 e. The van der Waals surface area contributed by atoms with Crippen LogP contribution >= 0.6 is 0 Å². The molecule has 0 unspecified atom stereocenters. The van der Waals surface area contributed by atoms with Crippen molar-refractivity contribution in [1.29, 1.82) is 0 Å². The van der Waals surface area contributed by atoms with Crippen LogP contribution in [0.3, 0.4) is 0 Å². The lowest BCUT2D eigenvalue weighted by Gasteiger charge is -2.35. The van der Waals surface area contributed by atoms with Crippen LogP contribution in [-0.2, 0) is 14.4 Å².